The van der Waals surface area contributed by atoms with Gasteiger partial charge in [0.25, 0.3) is 5.56 Å². The van der Waals surface area contributed by atoms with Crippen LogP contribution in [0.4, 0.5) is 0 Å². The first kappa shape index (κ1) is 26.2. The number of nitrogens with zero attached hydrogens (tertiary/aromatic N) is 3. The fourth-order valence-corrected chi connectivity index (χ4v) is 6.42. The van der Waals surface area contributed by atoms with Crippen molar-refractivity contribution in [3.05, 3.63) is 107 Å². The molecule has 2 aliphatic rings. The van der Waals surface area contributed by atoms with Gasteiger partial charge in [-0.15, -0.1) is 0 Å². The Bertz CT molecular complexity index is 1880. The van der Waals surface area contributed by atoms with Gasteiger partial charge >= 0.3 is 5.97 Å². The van der Waals surface area contributed by atoms with Crippen LogP contribution in [0.2, 0.25) is 5.02 Å². The van der Waals surface area contributed by atoms with Crippen LogP contribution in [0.25, 0.3) is 11.8 Å². The predicted octanol–water partition coefficient (Wildman–Crippen LogP) is 4.59. The molecule has 10 heteroatoms. The van der Waals surface area contributed by atoms with Crippen LogP contribution in [-0.2, 0) is 9.53 Å². The number of ether oxygens (including phenoxy) is 3. The van der Waals surface area contributed by atoms with Gasteiger partial charge in [-0.2, -0.15) is 0 Å². The van der Waals surface area contributed by atoms with E-state index in [1.54, 1.807) is 24.5 Å². The number of allylic oxidation sites excluding steroid dienone is 1. The van der Waals surface area contributed by atoms with Gasteiger partial charge in [0.2, 0.25) is 6.79 Å². The summed E-state index contributed by atoms with van der Waals surface area (Å²) in [6.45, 7) is 7.88. The molecule has 0 saturated carbocycles. The molecule has 0 amide bonds. The van der Waals surface area contributed by atoms with Crippen LogP contribution in [0, 0.1) is 13.8 Å². The number of thiazole rings is 1. The Morgan fingerprint density at radius 2 is 1.88 bits per heavy atom. The van der Waals surface area contributed by atoms with Crippen LogP contribution in [0.15, 0.2) is 69.6 Å². The maximum Gasteiger partial charge on any atom is 0.338 e. The Balaban J connectivity index is 1.52. The van der Waals surface area contributed by atoms with Gasteiger partial charge < -0.3 is 18.8 Å². The lowest BCUT2D eigenvalue weighted by molar-refractivity contribution is -0.139. The Morgan fingerprint density at radius 1 is 1.12 bits per heavy atom. The highest BCUT2D eigenvalue weighted by Crippen LogP contribution is 2.38. The van der Waals surface area contributed by atoms with E-state index >= 15 is 0 Å². The third-order valence-corrected chi connectivity index (χ3v) is 8.31. The zero-order valence-electron chi connectivity index (χ0n) is 22.4. The first-order valence-corrected chi connectivity index (χ1v) is 14.0. The van der Waals surface area contributed by atoms with Gasteiger partial charge in [-0.05, 0) is 87.4 Å². The van der Waals surface area contributed by atoms with E-state index in [4.69, 9.17) is 25.8 Å². The number of benzene rings is 2. The van der Waals surface area contributed by atoms with Crippen molar-refractivity contribution in [2.75, 3.05) is 13.4 Å². The molecule has 0 saturated heterocycles. The van der Waals surface area contributed by atoms with Crippen molar-refractivity contribution in [3.8, 4) is 17.2 Å². The smallest absolute Gasteiger partial charge is 0.338 e. The van der Waals surface area contributed by atoms with Gasteiger partial charge in [0.15, 0.2) is 16.3 Å². The van der Waals surface area contributed by atoms with Gasteiger partial charge in [-0.25, -0.2) is 9.79 Å². The first-order chi connectivity index (χ1) is 19.3. The normalized spacial score (nSPS) is 16.2. The maximum atomic E-state index is 14.0. The molecule has 0 aliphatic carbocycles. The SMILES string of the molecule is CCOC(=O)C1=C(C)N=c2sc(=Cc3cc(C)n(-c4ccc(Cl)cc4)c3C)c(=O)n2[C@H]1c1ccc2c(c1)OCO2. The molecular weight excluding hydrogens is 550 g/mol. The zero-order chi connectivity index (χ0) is 28.1. The summed E-state index contributed by atoms with van der Waals surface area (Å²) < 4.78 is 20.7. The maximum absolute atomic E-state index is 14.0. The summed E-state index contributed by atoms with van der Waals surface area (Å²) in [7, 11) is 0. The van der Waals surface area contributed by atoms with Gasteiger partial charge in [-0.1, -0.05) is 29.0 Å². The summed E-state index contributed by atoms with van der Waals surface area (Å²) in [4.78, 5) is 32.3. The summed E-state index contributed by atoms with van der Waals surface area (Å²) >= 11 is 7.39. The third-order valence-electron chi connectivity index (χ3n) is 7.07. The van der Waals surface area contributed by atoms with E-state index in [9.17, 15) is 9.59 Å². The van der Waals surface area contributed by atoms with Crippen LogP contribution in [0.5, 0.6) is 11.5 Å². The number of aryl methyl sites for hydroxylation is 1. The van der Waals surface area contributed by atoms with Crippen molar-refractivity contribution in [3.63, 3.8) is 0 Å². The second kappa shape index (κ2) is 10.1. The Labute approximate surface area is 239 Å². The molecule has 2 aliphatic heterocycles. The Morgan fingerprint density at radius 3 is 2.62 bits per heavy atom. The summed E-state index contributed by atoms with van der Waals surface area (Å²) in [5.41, 5.74) is 5.21. The average molecular weight is 576 g/mol. The van der Waals surface area contributed by atoms with Crippen molar-refractivity contribution >= 4 is 35.0 Å². The van der Waals surface area contributed by atoms with Crippen LogP contribution >= 0.6 is 22.9 Å². The lowest BCUT2D eigenvalue weighted by Crippen LogP contribution is -2.39. The number of halogens is 1. The molecule has 0 N–H and O–H groups in total. The fourth-order valence-electron chi connectivity index (χ4n) is 5.25. The summed E-state index contributed by atoms with van der Waals surface area (Å²) in [5.74, 6) is 0.671. The van der Waals surface area contributed by atoms with Crippen molar-refractivity contribution in [2.24, 2.45) is 4.99 Å². The lowest BCUT2D eigenvalue weighted by atomic mass is 9.95. The van der Waals surface area contributed by atoms with E-state index < -0.39 is 12.0 Å². The molecule has 1 atom stereocenters. The molecular formula is C30H26ClN3O5S. The van der Waals surface area contributed by atoms with Crippen LogP contribution < -0.4 is 24.4 Å². The number of hydrogen-bond acceptors (Lipinski definition) is 7. The van der Waals surface area contributed by atoms with E-state index in [1.165, 1.54) is 11.3 Å². The molecule has 0 spiro atoms. The minimum absolute atomic E-state index is 0.121. The standard InChI is InChI=1S/C30H26ClN3O5S/c1-5-37-29(36)26-17(3)32-30-34(27(26)19-6-11-23-24(13-19)39-15-38-23)28(35)25(40-30)14-20-12-16(2)33(18(20)4)22-9-7-21(31)8-10-22/h6-14,27H,5,15H2,1-4H3/t27-/m0/s1. The number of carbonyl (C=O) groups is 1. The number of aromatic nitrogens is 2. The monoisotopic (exact) mass is 575 g/mol. The highest BCUT2D eigenvalue weighted by molar-refractivity contribution is 7.07. The molecule has 8 nitrogen and oxygen atoms in total. The van der Waals surface area contributed by atoms with E-state index in [1.807, 2.05) is 62.4 Å². The molecule has 4 aromatic rings. The number of carbonyl (C=O) groups excluding carboxylic acids is 1. The number of fused-ring (bicyclic) bond motifs is 2. The van der Waals surface area contributed by atoms with Gasteiger partial charge in [0, 0.05) is 22.1 Å². The van der Waals surface area contributed by atoms with Crippen molar-refractivity contribution in [1.82, 2.24) is 9.13 Å². The Hall–Kier alpha value is -4.08. The van der Waals surface area contributed by atoms with Crippen LogP contribution in [-0.4, -0.2) is 28.5 Å². The van der Waals surface area contributed by atoms with E-state index in [2.05, 4.69) is 9.56 Å². The number of esters is 1. The minimum atomic E-state index is -0.728. The summed E-state index contributed by atoms with van der Waals surface area (Å²) in [5, 5.41) is 0.669. The van der Waals surface area contributed by atoms with Crippen LogP contribution in [0.3, 0.4) is 0 Å². The number of hydrogen-bond donors (Lipinski definition) is 0. The molecule has 0 radical (unpaired) electrons. The molecule has 2 aromatic heterocycles. The summed E-state index contributed by atoms with van der Waals surface area (Å²) in [6, 6.07) is 14.4. The molecule has 204 valence electrons. The highest BCUT2D eigenvalue weighted by Gasteiger charge is 2.34. The molecule has 4 heterocycles. The van der Waals surface area contributed by atoms with Crippen LogP contribution in [0.1, 0.15) is 42.4 Å². The predicted molar refractivity (Wildman–Crippen MR) is 153 cm³/mol. The van der Waals surface area contributed by atoms with Gasteiger partial charge in [0.05, 0.1) is 28.5 Å². The van der Waals surface area contributed by atoms with Crippen molar-refractivity contribution < 1.29 is 19.0 Å². The minimum Gasteiger partial charge on any atom is -0.463 e. The largest absolute Gasteiger partial charge is 0.463 e. The topological polar surface area (TPSA) is 84.1 Å². The van der Waals surface area contributed by atoms with E-state index in [0.29, 0.717) is 42.7 Å². The van der Waals surface area contributed by atoms with Gasteiger partial charge in [-0.3, -0.25) is 9.36 Å². The Kier molecular flexibility index (Phi) is 6.64. The average Bonchev–Trinajstić information content (AvgIpc) is 3.59. The fraction of sp³-hybridized carbons (Fsp3) is 0.233. The van der Waals surface area contributed by atoms with Gasteiger partial charge in [0.1, 0.15) is 0 Å². The van der Waals surface area contributed by atoms with E-state index in [0.717, 1.165) is 22.6 Å². The molecule has 2 aromatic carbocycles. The third kappa shape index (κ3) is 4.35. The quantitative estimate of drug-likeness (QED) is 0.325. The van der Waals surface area contributed by atoms with E-state index in [-0.39, 0.29) is 19.0 Å². The zero-order valence-corrected chi connectivity index (χ0v) is 23.9. The number of rotatable bonds is 5. The molecule has 6 rings (SSSR count). The second-order valence-electron chi connectivity index (χ2n) is 9.55. The molecule has 0 unspecified atom stereocenters. The summed E-state index contributed by atoms with van der Waals surface area (Å²) in [6.07, 6.45) is 1.89. The van der Waals surface area contributed by atoms with Crippen molar-refractivity contribution in [1.29, 1.82) is 0 Å². The highest BCUT2D eigenvalue weighted by atomic mass is 35.5. The van der Waals surface area contributed by atoms with Crippen molar-refractivity contribution in [2.45, 2.75) is 33.7 Å². The molecule has 0 fully saturated rings. The molecule has 40 heavy (non-hydrogen) atoms. The molecule has 0 bridgehead atoms. The lowest BCUT2D eigenvalue weighted by Gasteiger charge is -2.24. The first-order valence-electron chi connectivity index (χ1n) is 12.8. The second-order valence-corrected chi connectivity index (χ2v) is 11.0.